The lowest BCUT2D eigenvalue weighted by atomic mass is 10.2. The standard InChI is InChI=1S/C17H14BrN3O2S/c1-21-15(11-2-5-13(18)6-3-11)10-24-17(21)20-19-9-12-4-7-14(22)8-16(12)23/h2-10,22-23H,1H3/b19-9-,20-17-. The summed E-state index contributed by atoms with van der Waals surface area (Å²) in [6.45, 7) is 0. The summed E-state index contributed by atoms with van der Waals surface area (Å²) in [6.07, 6.45) is 1.45. The minimum absolute atomic E-state index is 0.00499. The van der Waals surface area contributed by atoms with Gasteiger partial charge in [0.25, 0.3) is 0 Å². The quantitative estimate of drug-likeness (QED) is 0.514. The minimum atomic E-state index is -0.0416. The molecule has 0 unspecified atom stereocenters. The number of halogens is 1. The molecule has 1 heterocycles. The maximum absolute atomic E-state index is 9.72. The predicted molar refractivity (Wildman–Crippen MR) is 99.4 cm³/mol. The molecule has 0 aliphatic carbocycles. The average Bonchev–Trinajstić information content (AvgIpc) is 2.91. The van der Waals surface area contributed by atoms with Crippen molar-refractivity contribution in [2.75, 3.05) is 0 Å². The molecule has 24 heavy (non-hydrogen) atoms. The second kappa shape index (κ2) is 7.02. The van der Waals surface area contributed by atoms with Gasteiger partial charge in [-0.05, 0) is 29.8 Å². The molecule has 0 spiro atoms. The molecule has 2 aromatic carbocycles. The van der Waals surface area contributed by atoms with Crippen LogP contribution in [-0.4, -0.2) is 21.0 Å². The van der Waals surface area contributed by atoms with E-state index in [1.807, 2.05) is 41.3 Å². The zero-order valence-corrected chi connectivity index (χ0v) is 15.1. The lowest BCUT2D eigenvalue weighted by Gasteiger charge is -2.02. The van der Waals surface area contributed by atoms with Crippen molar-refractivity contribution in [2.24, 2.45) is 17.3 Å². The highest BCUT2D eigenvalue weighted by Crippen LogP contribution is 2.22. The molecule has 0 fully saturated rings. The van der Waals surface area contributed by atoms with E-state index in [0.29, 0.717) is 5.56 Å². The molecule has 2 N–H and O–H groups in total. The van der Waals surface area contributed by atoms with Crippen LogP contribution in [0.3, 0.4) is 0 Å². The molecule has 0 aliphatic rings. The van der Waals surface area contributed by atoms with Crippen LogP contribution in [0.25, 0.3) is 11.3 Å². The average molecular weight is 404 g/mol. The van der Waals surface area contributed by atoms with E-state index in [1.54, 1.807) is 6.07 Å². The fourth-order valence-corrected chi connectivity index (χ4v) is 3.25. The van der Waals surface area contributed by atoms with Crippen molar-refractivity contribution < 1.29 is 10.2 Å². The van der Waals surface area contributed by atoms with Crippen LogP contribution in [0.4, 0.5) is 0 Å². The minimum Gasteiger partial charge on any atom is -0.508 e. The number of hydrogen-bond acceptors (Lipinski definition) is 5. The number of rotatable bonds is 3. The van der Waals surface area contributed by atoms with Crippen LogP contribution in [0.1, 0.15) is 5.56 Å². The topological polar surface area (TPSA) is 70.1 Å². The molecule has 7 heteroatoms. The third kappa shape index (κ3) is 3.58. The fourth-order valence-electron chi connectivity index (χ4n) is 2.12. The monoisotopic (exact) mass is 403 g/mol. The van der Waals surface area contributed by atoms with Gasteiger partial charge in [-0.2, -0.15) is 5.10 Å². The molecule has 0 saturated carbocycles. The summed E-state index contributed by atoms with van der Waals surface area (Å²) in [5.74, 6) is -0.0366. The number of thiazole rings is 1. The van der Waals surface area contributed by atoms with Gasteiger partial charge in [0, 0.05) is 28.5 Å². The second-order valence-electron chi connectivity index (χ2n) is 5.06. The molecule has 3 rings (SSSR count). The van der Waals surface area contributed by atoms with Crippen molar-refractivity contribution in [1.82, 2.24) is 4.57 Å². The van der Waals surface area contributed by atoms with Crippen LogP contribution in [0.15, 0.2) is 62.5 Å². The Labute approximate surface area is 151 Å². The van der Waals surface area contributed by atoms with Gasteiger partial charge in [-0.15, -0.1) is 16.4 Å². The van der Waals surface area contributed by atoms with E-state index in [0.717, 1.165) is 20.5 Å². The molecular weight excluding hydrogens is 390 g/mol. The molecule has 0 bridgehead atoms. The maximum Gasteiger partial charge on any atom is 0.210 e. The van der Waals surface area contributed by atoms with Crippen molar-refractivity contribution in [1.29, 1.82) is 0 Å². The Morgan fingerprint density at radius 1 is 1.12 bits per heavy atom. The lowest BCUT2D eigenvalue weighted by molar-refractivity contribution is 0.450. The van der Waals surface area contributed by atoms with Crippen LogP contribution in [0.2, 0.25) is 0 Å². The summed E-state index contributed by atoms with van der Waals surface area (Å²) in [4.78, 5) is 0.738. The van der Waals surface area contributed by atoms with E-state index >= 15 is 0 Å². The van der Waals surface area contributed by atoms with E-state index in [1.165, 1.54) is 29.7 Å². The lowest BCUT2D eigenvalue weighted by Crippen LogP contribution is -2.10. The summed E-state index contributed by atoms with van der Waals surface area (Å²) >= 11 is 4.92. The smallest absolute Gasteiger partial charge is 0.210 e. The predicted octanol–water partition coefficient (Wildman–Crippen LogP) is 3.86. The van der Waals surface area contributed by atoms with Gasteiger partial charge in [0.2, 0.25) is 4.80 Å². The Morgan fingerprint density at radius 2 is 1.88 bits per heavy atom. The van der Waals surface area contributed by atoms with Crippen LogP contribution in [-0.2, 0) is 7.05 Å². The van der Waals surface area contributed by atoms with E-state index < -0.39 is 0 Å². The van der Waals surface area contributed by atoms with E-state index in [4.69, 9.17) is 0 Å². The molecule has 0 saturated heterocycles. The molecule has 3 aromatic rings. The first-order valence-corrected chi connectivity index (χ1v) is 8.71. The Bertz CT molecular complexity index is 959. The maximum atomic E-state index is 9.72. The number of phenols is 2. The Balaban J connectivity index is 1.89. The third-order valence-corrected chi connectivity index (χ3v) is 4.85. The van der Waals surface area contributed by atoms with Crippen molar-refractivity contribution >= 4 is 33.5 Å². The normalized spacial score (nSPS) is 12.2. The number of aromatic hydroxyl groups is 2. The molecule has 122 valence electrons. The largest absolute Gasteiger partial charge is 0.508 e. The molecule has 0 radical (unpaired) electrons. The van der Waals surface area contributed by atoms with Gasteiger partial charge in [-0.1, -0.05) is 28.1 Å². The van der Waals surface area contributed by atoms with Crippen molar-refractivity contribution in [3.8, 4) is 22.8 Å². The van der Waals surface area contributed by atoms with Crippen LogP contribution >= 0.6 is 27.3 Å². The summed E-state index contributed by atoms with van der Waals surface area (Å²) in [5, 5.41) is 29.2. The number of aromatic nitrogens is 1. The van der Waals surface area contributed by atoms with Crippen LogP contribution < -0.4 is 4.80 Å². The highest BCUT2D eigenvalue weighted by atomic mass is 79.9. The number of hydrogen-bond donors (Lipinski definition) is 2. The highest BCUT2D eigenvalue weighted by Gasteiger charge is 2.04. The van der Waals surface area contributed by atoms with Crippen molar-refractivity contribution in [3.63, 3.8) is 0 Å². The van der Waals surface area contributed by atoms with Gasteiger partial charge in [0.05, 0.1) is 11.9 Å². The number of phenolic OH excluding ortho intramolecular Hbond substituents is 2. The first kappa shape index (κ1) is 16.5. The van der Waals surface area contributed by atoms with Gasteiger partial charge >= 0.3 is 0 Å². The number of nitrogens with zero attached hydrogens (tertiary/aromatic N) is 3. The van der Waals surface area contributed by atoms with Crippen LogP contribution in [0, 0.1) is 0 Å². The zero-order valence-electron chi connectivity index (χ0n) is 12.7. The van der Waals surface area contributed by atoms with Crippen molar-refractivity contribution in [2.45, 2.75) is 0 Å². The van der Waals surface area contributed by atoms with E-state index in [9.17, 15) is 10.2 Å². The molecule has 0 atom stereocenters. The number of benzene rings is 2. The van der Waals surface area contributed by atoms with E-state index in [2.05, 4.69) is 26.1 Å². The summed E-state index contributed by atoms with van der Waals surface area (Å²) < 4.78 is 2.99. The molecule has 0 amide bonds. The SMILES string of the molecule is Cn1c(-c2ccc(Br)cc2)cs/c1=N\N=C/c1ccc(O)cc1O. The molecule has 0 aliphatic heterocycles. The van der Waals surface area contributed by atoms with Gasteiger partial charge in [0.1, 0.15) is 11.5 Å². The fraction of sp³-hybridized carbons (Fsp3) is 0.0588. The third-order valence-electron chi connectivity index (χ3n) is 3.42. The molecule has 5 nitrogen and oxygen atoms in total. The molecule has 1 aromatic heterocycles. The van der Waals surface area contributed by atoms with Gasteiger partial charge in [-0.3, -0.25) is 0 Å². The van der Waals surface area contributed by atoms with Gasteiger partial charge < -0.3 is 14.8 Å². The second-order valence-corrected chi connectivity index (χ2v) is 6.81. The summed E-state index contributed by atoms with van der Waals surface area (Å²) in [5.41, 5.74) is 2.64. The van der Waals surface area contributed by atoms with E-state index in [-0.39, 0.29) is 11.5 Å². The summed E-state index contributed by atoms with van der Waals surface area (Å²) in [6, 6.07) is 12.4. The summed E-state index contributed by atoms with van der Waals surface area (Å²) in [7, 11) is 1.93. The Kier molecular flexibility index (Phi) is 4.82. The van der Waals surface area contributed by atoms with Gasteiger partial charge in [-0.25, -0.2) is 0 Å². The Hall–Kier alpha value is -2.38. The molecular formula is C17H14BrN3O2S. The zero-order chi connectivity index (χ0) is 17.1. The highest BCUT2D eigenvalue weighted by molar-refractivity contribution is 9.10. The van der Waals surface area contributed by atoms with Gasteiger partial charge in [0.15, 0.2) is 0 Å². The van der Waals surface area contributed by atoms with Crippen LogP contribution in [0.5, 0.6) is 11.5 Å². The van der Waals surface area contributed by atoms with Crippen molar-refractivity contribution in [3.05, 3.63) is 62.7 Å². The first-order valence-electron chi connectivity index (χ1n) is 7.04. The Morgan fingerprint density at radius 3 is 2.58 bits per heavy atom. The first-order chi connectivity index (χ1) is 11.5.